The van der Waals surface area contributed by atoms with Crippen LogP contribution in [-0.4, -0.2) is 16.8 Å². The molecule has 0 saturated heterocycles. The van der Waals surface area contributed by atoms with Crippen LogP contribution in [0.1, 0.15) is 0 Å². The molecule has 13 heavy (non-hydrogen) atoms. The molecule has 0 aliphatic carbocycles. The van der Waals surface area contributed by atoms with E-state index in [4.69, 9.17) is 0 Å². The summed E-state index contributed by atoms with van der Waals surface area (Å²) >= 11 is 3.44. The minimum atomic E-state index is 0.916. The molecule has 0 radical (unpaired) electrons. The van der Waals surface area contributed by atoms with Gasteiger partial charge in [0.05, 0.1) is 5.52 Å². The van der Waals surface area contributed by atoms with Crippen LogP contribution < -0.4 is 5.32 Å². The van der Waals surface area contributed by atoms with Gasteiger partial charge in [0.1, 0.15) is 0 Å². The minimum Gasteiger partial charge on any atom is -0.371 e. The Morgan fingerprint density at radius 1 is 1.46 bits per heavy atom. The largest absolute Gasteiger partial charge is 0.371 e. The molecule has 1 N–H and O–H groups in total. The fraction of sp³-hybridized carbons (Fsp3) is 0.222. The Morgan fingerprint density at radius 2 is 2.23 bits per heavy atom. The SMILES string of the molecule is CNc1nn(C)c2ccc(Br)cc12. The maximum absolute atomic E-state index is 4.33. The van der Waals surface area contributed by atoms with E-state index in [1.54, 1.807) is 0 Å². The molecule has 0 amide bonds. The summed E-state index contributed by atoms with van der Waals surface area (Å²) < 4.78 is 2.94. The van der Waals surface area contributed by atoms with Crippen molar-refractivity contribution in [2.45, 2.75) is 0 Å². The van der Waals surface area contributed by atoms with Crippen molar-refractivity contribution in [2.75, 3.05) is 12.4 Å². The first kappa shape index (κ1) is 8.56. The summed E-state index contributed by atoms with van der Waals surface area (Å²) in [5.74, 6) is 0.916. The summed E-state index contributed by atoms with van der Waals surface area (Å²) in [5.41, 5.74) is 1.13. The topological polar surface area (TPSA) is 29.9 Å². The fourth-order valence-corrected chi connectivity index (χ4v) is 1.78. The highest BCUT2D eigenvalue weighted by atomic mass is 79.9. The normalized spacial score (nSPS) is 10.7. The molecule has 0 fully saturated rings. The van der Waals surface area contributed by atoms with Crippen LogP contribution in [0.5, 0.6) is 0 Å². The minimum absolute atomic E-state index is 0.916. The van der Waals surface area contributed by atoms with Crippen LogP contribution in [0.4, 0.5) is 5.82 Å². The number of aryl methyl sites for hydroxylation is 1. The molecule has 2 rings (SSSR count). The van der Waals surface area contributed by atoms with Crippen LogP contribution in [0.25, 0.3) is 10.9 Å². The van der Waals surface area contributed by atoms with Crippen LogP contribution in [-0.2, 0) is 7.05 Å². The van der Waals surface area contributed by atoms with E-state index in [0.717, 1.165) is 21.2 Å². The number of hydrogen-bond donors (Lipinski definition) is 1. The lowest BCUT2D eigenvalue weighted by Crippen LogP contribution is -1.92. The molecule has 0 aliphatic rings. The van der Waals surface area contributed by atoms with Crippen molar-refractivity contribution < 1.29 is 0 Å². The summed E-state index contributed by atoms with van der Waals surface area (Å²) in [4.78, 5) is 0. The number of aromatic nitrogens is 2. The third kappa shape index (κ3) is 1.31. The lowest BCUT2D eigenvalue weighted by atomic mass is 10.2. The average molecular weight is 240 g/mol. The Labute approximate surface area is 84.9 Å². The van der Waals surface area contributed by atoms with E-state index in [1.165, 1.54) is 0 Å². The van der Waals surface area contributed by atoms with Gasteiger partial charge in [-0.2, -0.15) is 5.10 Å². The molecule has 0 saturated carbocycles. The predicted molar refractivity (Wildman–Crippen MR) is 58.0 cm³/mol. The third-order valence-corrected chi connectivity index (χ3v) is 2.54. The standard InChI is InChI=1S/C9H10BrN3/c1-11-9-7-5-6(10)3-4-8(7)13(2)12-9/h3-5H,1-2H3,(H,11,12). The smallest absolute Gasteiger partial charge is 0.155 e. The molecule has 1 aromatic heterocycles. The van der Waals surface area contributed by atoms with Gasteiger partial charge in [0, 0.05) is 24.0 Å². The van der Waals surface area contributed by atoms with Crippen molar-refractivity contribution in [3.05, 3.63) is 22.7 Å². The maximum Gasteiger partial charge on any atom is 0.155 e. The number of halogens is 1. The molecule has 68 valence electrons. The average Bonchev–Trinajstić information content (AvgIpc) is 2.42. The highest BCUT2D eigenvalue weighted by Gasteiger charge is 2.06. The van der Waals surface area contributed by atoms with Crippen molar-refractivity contribution in [1.29, 1.82) is 0 Å². The first-order valence-corrected chi connectivity index (χ1v) is 4.81. The highest BCUT2D eigenvalue weighted by Crippen LogP contribution is 2.25. The summed E-state index contributed by atoms with van der Waals surface area (Å²) in [6.45, 7) is 0. The fourth-order valence-electron chi connectivity index (χ4n) is 1.42. The second kappa shape index (κ2) is 3.03. The first-order chi connectivity index (χ1) is 6.22. The molecular weight excluding hydrogens is 230 g/mol. The van der Waals surface area contributed by atoms with Gasteiger partial charge in [-0.25, -0.2) is 0 Å². The van der Waals surface area contributed by atoms with Gasteiger partial charge in [-0.1, -0.05) is 15.9 Å². The van der Waals surface area contributed by atoms with Crippen molar-refractivity contribution >= 4 is 32.7 Å². The molecule has 0 atom stereocenters. The molecule has 4 heteroatoms. The molecule has 1 heterocycles. The molecule has 0 bridgehead atoms. The van der Waals surface area contributed by atoms with Crippen LogP contribution in [0.2, 0.25) is 0 Å². The molecule has 1 aromatic carbocycles. The van der Waals surface area contributed by atoms with Gasteiger partial charge in [0.25, 0.3) is 0 Å². The quantitative estimate of drug-likeness (QED) is 0.829. The van der Waals surface area contributed by atoms with Gasteiger partial charge in [-0.3, -0.25) is 4.68 Å². The van der Waals surface area contributed by atoms with Gasteiger partial charge in [-0.05, 0) is 18.2 Å². The van der Waals surface area contributed by atoms with E-state index >= 15 is 0 Å². The van der Waals surface area contributed by atoms with Crippen LogP contribution in [0, 0.1) is 0 Å². The van der Waals surface area contributed by atoms with E-state index in [2.05, 4.69) is 32.4 Å². The van der Waals surface area contributed by atoms with E-state index in [-0.39, 0.29) is 0 Å². The van der Waals surface area contributed by atoms with Crippen LogP contribution in [0.3, 0.4) is 0 Å². The number of nitrogens with one attached hydrogen (secondary N) is 1. The van der Waals surface area contributed by atoms with Crippen LogP contribution in [0.15, 0.2) is 22.7 Å². The first-order valence-electron chi connectivity index (χ1n) is 4.02. The monoisotopic (exact) mass is 239 g/mol. The number of hydrogen-bond acceptors (Lipinski definition) is 2. The maximum atomic E-state index is 4.33. The van der Waals surface area contributed by atoms with E-state index in [9.17, 15) is 0 Å². The van der Waals surface area contributed by atoms with E-state index in [0.29, 0.717) is 0 Å². The van der Waals surface area contributed by atoms with Gasteiger partial charge in [0.2, 0.25) is 0 Å². The Balaban J connectivity index is 2.81. The second-order valence-corrected chi connectivity index (χ2v) is 3.80. The zero-order valence-electron chi connectivity index (χ0n) is 7.50. The molecular formula is C9H10BrN3. The van der Waals surface area contributed by atoms with Crippen molar-refractivity contribution in [3.63, 3.8) is 0 Å². The molecule has 3 nitrogen and oxygen atoms in total. The third-order valence-electron chi connectivity index (χ3n) is 2.05. The van der Waals surface area contributed by atoms with Gasteiger partial charge < -0.3 is 5.32 Å². The number of rotatable bonds is 1. The molecule has 2 aromatic rings. The zero-order chi connectivity index (χ0) is 9.42. The van der Waals surface area contributed by atoms with Gasteiger partial charge >= 0.3 is 0 Å². The highest BCUT2D eigenvalue weighted by molar-refractivity contribution is 9.10. The van der Waals surface area contributed by atoms with E-state index < -0.39 is 0 Å². The van der Waals surface area contributed by atoms with Crippen molar-refractivity contribution in [1.82, 2.24) is 9.78 Å². The van der Waals surface area contributed by atoms with Gasteiger partial charge in [0.15, 0.2) is 5.82 Å². The Hall–Kier alpha value is -1.03. The lowest BCUT2D eigenvalue weighted by Gasteiger charge is -1.94. The van der Waals surface area contributed by atoms with E-state index in [1.807, 2.05) is 30.9 Å². The van der Waals surface area contributed by atoms with Crippen molar-refractivity contribution in [3.8, 4) is 0 Å². The Bertz CT molecular complexity index is 447. The van der Waals surface area contributed by atoms with Gasteiger partial charge in [-0.15, -0.1) is 0 Å². The zero-order valence-corrected chi connectivity index (χ0v) is 9.09. The summed E-state index contributed by atoms with van der Waals surface area (Å²) in [6.07, 6.45) is 0. The predicted octanol–water partition coefficient (Wildman–Crippen LogP) is 2.38. The Morgan fingerprint density at radius 3 is 2.92 bits per heavy atom. The summed E-state index contributed by atoms with van der Waals surface area (Å²) in [7, 11) is 3.82. The molecule has 0 spiro atoms. The molecule has 0 aliphatic heterocycles. The van der Waals surface area contributed by atoms with Crippen molar-refractivity contribution in [2.24, 2.45) is 7.05 Å². The number of nitrogens with zero attached hydrogens (tertiary/aromatic N) is 2. The molecule has 0 unspecified atom stereocenters. The summed E-state index contributed by atoms with van der Waals surface area (Å²) in [6, 6.07) is 6.13. The lowest BCUT2D eigenvalue weighted by molar-refractivity contribution is 0.800. The summed E-state index contributed by atoms with van der Waals surface area (Å²) in [5, 5.41) is 8.54. The number of fused-ring (bicyclic) bond motifs is 1. The second-order valence-electron chi connectivity index (χ2n) is 2.88. The van der Waals surface area contributed by atoms with Crippen LogP contribution >= 0.6 is 15.9 Å². The number of anilines is 1. The Kier molecular flexibility index (Phi) is 2.00. The number of benzene rings is 1.